The molecule has 0 saturated heterocycles. The van der Waals surface area contributed by atoms with Crippen molar-refractivity contribution in [3.63, 3.8) is 0 Å². The van der Waals surface area contributed by atoms with Crippen LogP contribution in [0.5, 0.6) is 0 Å². The summed E-state index contributed by atoms with van der Waals surface area (Å²) < 4.78 is 13.6. The zero-order valence-electron chi connectivity index (χ0n) is 12.8. The largest absolute Gasteiger partial charge is 0.368 e. The number of aromatic nitrogens is 1. The Morgan fingerprint density at radius 2 is 2.00 bits per heavy atom. The summed E-state index contributed by atoms with van der Waals surface area (Å²) in [5.74, 6) is -0.116. The number of nitrogens with one attached hydrogen (secondary N) is 3. The van der Waals surface area contributed by atoms with Crippen molar-refractivity contribution in [3.8, 4) is 0 Å². The number of anilines is 2. The highest BCUT2D eigenvalue weighted by atomic mass is 19.1. The van der Waals surface area contributed by atoms with Crippen LogP contribution in [-0.4, -0.2) is 16.9 Å². The van der Waals surface area contributed by atoms with E-state index in [1.807, 2.05) is 20.8 Å². The lowest BCUT2D eigenvalue weighted by atomic mass is 10.2. The standard InChI is InChI=1S/C16H19FN4O/c1-10(2)19-15-7-5-12(9-18-15)16(22)21-20-14-8-11(3)4-6-13(14)17/h4-10,20H,1-3H3,(H,18,19)(H,21,22). The van der Waals surface area contributed by atoms with Gasteiger partial charge in [-0.3, -0.25) is 15.6 Å². The van der Waals surface area contributed by atoms with Crippen molar-refractivity contribution in [2.45, 2.75) is 26.8 Å². The number of hydrazine groups is 1. The Labute approximate surface area is 128 Å². The fourth-order valence-corrected chi connectivity index (χ4v) is 1.84. The molecule has 0 radical (unpaired) electrons. The van der Waals surface area contributed by atoms with Gasteiger partial charge in [-0.05, 0) is 50.6 Å². The molecule has 1 amide bonds. The molecule has 6 heteroatoms. The summed E-state index contributed by atoms with van der Waals surface area (Å²) in [4.78, 5) is 16.1. The number of benzene rings is 1. The zero-order chi connectivity index (χ0) is 16.1. The van der Waals surface area contributed by atoms with E-state index >= 15 is 0 Å². The van der Waals surface area contributed by atoms with Crippen molar-refractivity contribution < 1.29 is 9.18 Å². The summed E-state index contributed by atoms with van der Waals surface area (Å²) in [7, 11) is 0. The number of amides is 1. The van der Waals surface area contributed by atoms with E-state index in [4.69, 9.17) is 0 Å². The Kier molecular flexibility index (Phi) is 4.93. The minimum absolute atomic E-state index is 0.222. The second kappa shape index (κ2) is 6.89. The van der Waals surface area contributed by atoms with Gasteiger partial charge in [-0.15, -0.1) is 0 Å². The Balaban J connectivity index is 1.98. The zero-order valence-corrected chi connectivity index (χ0v) is 12.8. The Bertz CT molecular complexity index is 656. The van der Waals surface area contributed by atoms with Gasteiger partial charge in [-0.2, -0.15) is 0 Å². The van der Waals surface area contributed by atoms with Gasteiger partial charge < -0.3 is 5.32 Å². The molecule has 0 aliphatic rings. The van der Waals surface area contributed by atoms with Crippen LogP contribution in [0.1, 0.15) is 29.8 Å². The van der Waals surface area contributed by atoms with Crippen LogP contribution in [0.15, 0.2) is 36.5 Å². The SMILES string of the molecule is Cc1ccc(F)c(NNC(=O)c2ccc(NC(C)C)nc2)c1. The van der Waals surface area contributed by atoms with Crippen molar-refractivity contribution in [2.24, 2.45) is 0 Å². The van der Waals surface area contributed by atoms with E-state index in [-0.39, 0.29) is 17.6 Å². The fraction of sp³-hybridized carbons (Fsp3) is 0.250. The molecule has 22 heavy (non-hydrogen) atoms. The first kappa shape index (κ1) is 15.8. The summed E-state index contributed by atoms with van der Waals surface area (Å²) in [5, 5.41) is 3.13. The van der Waals surface area contributed by atoms with Crippen LogP contribution in [0.25, 0.3) is 0 Å². The van der Waals surface area contributed by atoms with Gasteiger partial charge in [0.1, 0.15) is 11.6 Å². The van der Waals surface area contributed by atoms with E-state index in [9.17, 15) is 9.18 Å². The van der Waals surface area contributed by atoms with Crippen LogP contribution in [0.4, 0.5) is 15.9 Å². The third-order valence-corrected chi connectivity index (χ3v) is 2.89. The molecule has 0 bridgehead atoms. The Morgan fingerprint density at radius 1 is 1.23 bits per heavy atom. The summed E-state index contributed by atoms with van der Waals surface area (Å²) >= 11 is 0. The molecule has 116 valence electrons. The lowest BCUT2D eigenvalue weighted by Crippen LogP contribution is -2.30. The third kappa shape index (κ3) is 4.18. The molecule has 1 aromatic heterocycles. The van der Waals surface area contributed by atoms with Crippen molar-refractivity contribution in [1.82, 2.24) is 10.4 Å². The first-order valence-electron chi connectivity index (χ1n) is 7.01. The normalized spacial score (nSPS) is 10.4. The molecular weight excluding hydrogens is 283 g/mol. The van der Waals surface area contributed by atoms with E-state index in [2.05, 4.69) is 21.2 Å². The molecule has 0 fully saturated rings. The molecule has 0 atom stereocenters. The smallest absolute Gasteiger partial charge is 0.271 e. The Hall–Kier alpha value is -2.63. The number of rotatable bonds is 5. The second-order valence-corrected chi connectivity index (χ2v) is 5.29. The van der Waals surface area contributed by atoms with Gasteiger partial charge in [0.2, 0.25) is 0 Å². The topological polar surface area (TPSA) is 66.0 Å². The highest BCUT2D eigenvalue weighted by Crippen LogP contribution is 2.14. The number of aryl methyl sites for hydroxylation is 1. The number of nitrogens with zero attached hydrogens (tertiary/aromatic N) is 1. The molecule has 0 aliphatic carbocycles. The van der Waals surface area contributed by atoms with Gasteiger partial charge in [-0.1, -0.05) is 6.07 Å². The first-order valence-corrected chi connectivity index (χ1v) is 7.01. The van der Waals surface area contributed by atoms with Crippen LogP contribution >= 0.6 is 0 Å². The molecule has 2 aromatic rings. The number of halogens is 1. The van der Waals surface area contributed by atoms with E-state index < -0.39 is 5.82 Å². The molecule has 1 aromatic carbocycles. The number of pyridine rings is 1. The molecule has 0 saturated carbocycles. The van der Waals surface area contributed by atoms with Gasteiger partial charge in [-0.25, -0.2) is 9.37 Å². The average molecular weight is 302 g/mol. The maximum Gasteiger partial charge on any atom is 0.271 e. The number of carbonyl (C=O) groups is 1. The maximum atomic E-state index is 13.6. The third-order valence-electron chi connectivity index (χ3n) is 2.89. The van der Waals surface area contributed by atoms with Crippen molar-refractivity contribution in [1.29, 1.82) is 0 Å². The van der Waals surface area contributed by atoms with Crippen LogP contribution < -0.4 is 16.2 Å². The van der Waals surface area contributed by atoms with E-state index in [0.29, 0.717) is 11.4 Å². The van der Waals surface area contributed by atoms with Crippen LogP contribution in [0.3, 0.4) is 0 Å². The molecule has 5 nitrogen and oxygen atoms in total. The van der Waals surface area contributed by atoms with Gasteiger partial charge in [0, 0.05) is 12.2 Å². The molecule has 0 spiro atoms. The highest BCUT2D eigenvalue weighted by molar-refractivity contribution is 5.94. The van der Waals surface area contributed by atoms with E-state index in [1.54, 1.807) is 24.3 Å². The number of hydrogen-bond acceptors (Lipinski definition) is 4. The number of hydrogen-bond donors (Lipinski definition) is 3. The lowest BCUT2D eigenvalue weighted by Gasteiger charge is -2.11. The van der Waals surface area contributed by atoms with Gasteiger partial charge >= 0.3 is 0 Å². The van der Waals surface area contributed by atoms with Crippen LogP contribution in [0.2, 0.25) is 0 Å². The van der Waals surface area contributed by atoms with Crippen molar-refractivity contribution in [3.05, 3.63) is 53.5 Å². The summed E-state index contributed by atoms with van der Waals surface area (Å²) in [6.45, 7) is 5.85. The summed E-state index contributed by atoms with van der Waals surface area (Å²) in [6, 6.07) is 8.26. The van der Waals surface area contributed by atoms with Crippen molar-refractivity contribution >= 4 is 17.4 Å². The van der Waals surface area contributed by atoms with Gasteiger partial charge in [0.15, 0.2) is 0 Å². The second-order valence-electron chi connectivity index (χ2n) is 5.29. The Morgan fingerprint density at radius 3 is 2.64 bits per heavy atom. The van der Waals surface area contributed by atoms with Crippen LogP contribution in [0, 0.1) is 12.7 Å². The van der Waals surface area contributed by atoms with Gasteiger partial charge in [0.25, 0.3) is 5.91 Å². The molecule has 0 aliphatic heterocycles. The highest BCUT2D eigenvalue weighted by Gasteiger charge is 2.08. The predicted octanol–water partition coefficient (Wildman–Crippen LogP) is 3.11. The van der Waals surface area contributed by atoms with Crippen LogP contribution in [-0.2, 0) is 0 Å². The quantitative estimate of drug-likeness (QED) is 0.743. The molecule has 1 heterocycles. The first-order chi connectivity index (χ1) is 10.5. The molecule has 0 unspecified atom stereocenters. The molecular formula is C16H19FN4O. The summed E-state index contributed by atoms with van der Waals surface area (Å²) in [6.07, 6.45) is 1.47. The van der Waals surface area contributed by atoms with Crippen molar-refractivity contribution in [2.75, 3.05) is 10.7 Å². The predicted molar refractivity (Wildman–Crippen MR) is 85.2 cm³/mol. The fourth-order valence-electron chi connectivity index (χ4n) is 1.84. The van der Waals surface area contributed by atoms with E-state index in [1.165, 1.54) is 12.3 Å². The lowest BCUT2D eigenvalue weighted by molar-refractivity contribution is 0.0962. The minimum atomic E-state index is -0.430. The molecule has 3 N–H and O–H groups in total. The minimum Gasteiger partial charge on any atom is -0.368 e. The average Bonchev–Trinajstić information content (AvgIpc) is 2.48. The monoisotopic (exact) mass is 302 g/mol. The number of carbonyl (C=O) groups excluding carboxylic acids is 1. The summed E-state index contributed by atoms with van der Waals surface area (Å²) in [5.41, 5.74) is 6.53. The maximum absolute atomic E-state index is 13.6. The van der Waals surface area contributed by atoms with E-state index in [0.717, 1.165) is 5.56 Å². The van der Waals surface area contributed by atoms with Gasteiger partial charge in [0.05, 0.1) is 11.3 Å². The molecule has 2 rings (SSSR count).